The molecular weight excluding hydrogens is 266 g/mol. The Bertz CT molecular complexity index is 471. The fourth-order valence-corrected chi connectivity index (χ4v) is 3.29. The summed E-state index contributed by atoms with van der Waals surface area (Å²) in [6, 6.07) is 1.99. The minimum Gasteiger partial charge on any atom is -0.467 e. The first-order valence-corrected chi connectivity index (χ1v) is 7.11. The highest BCUT2D eigenvalue weighted by molar-refractivity contribution is 7.10. The average molecular weight is 283 g/mol. The number of aryl methyl sites for hydroxylation is 1. The number of aliphatic hydroxyl groups excluding tert-OH is 1. The molecule has 0 saturated heterocycles. The number of methoxy groups -OCH3 is 1. The van der Waals surface area contributed by atoms with Crippen LogP contribution >= 0.6 is 11.3 Å². The van der Waals surface area contributed by atoms with Crippen LogP contribution in [0.1, 0.15) is 29.2 Å². The van der Waals surface area contributed by atoms with Gasteiger partial charge < -0.3 is 15.2 Å². The molecule has 104 valence electrons. The van der Waals surface area contributed by atoms with Crippen LogP contribution in [-0.4, -0.2) is 36.7 Å². The first-order chi connectivity index (χ1) is 9.13. The summed E-state index contributed by atoms with van der Waals surface area (Å²) in [6.45, 7) is -0.110. The number of hydrogen-bond acceptors (Lipinski definition) is 5. The van der Waals surface area contributed by atoms with E-state index in [4.69, 9.17) is 0 Å². The fraction of sp³-hybridized carbons (Fsp3) is 0.538. The molecule has 2 rings (SSSR count). The van der Waals surface area contributed by atoms with Crippen LogP contribution < -0.4 is 5.32 Å². The average Bonchev–Trinajstić information content (AvgIpc) is 2.91. The molecule has 2 atom stereocenters. The molecule has 1 heterocycles. The molecule has 5 nitrogen and oxygen atoms in total. The third kappa shape index (κ3) is 3.13. The highest BCUT2D eigenvalue weighted by atomic mass is 32.1. The van der Waals surface area contributed by atoms with Crippen molar-refractivity contribution in [1.29, 1.82) is 0 Å². The second-order valence-electron chi connectivity index (χ2n) is 4.53. The Morgan fingerprint density at radius 3 is 3.16 bits per heavy atom. The number of ether oxygens (including phenoxy) is 1. The topological polar surface area (TPSA) is 75.6 Å². The van der Waals surface area contributed by atoms with Crippen LogP contribution in [0.25, 0.3) is 0 Å². The van der Waals surface area contributed by atoms with Crippen molar-refractivity contribution in [2.24, 2.45) is 0 Å². The first-order valence-electron chi connectivity index (χ1n) is 6.23. The summed E-state index contributed by atoms with van der Waals surface area (Å²) in [5.74, 6) is -1.04. The zero-order valence-corrected chi connectivity index (χ0v) is 11.5. The van der Waals surface area contributed by atoms with Crippen molar-refractivity contribution in [3.8, 4) is 0 Å². The monoisotopic (exact) mass is 283 g/mol. The van der Waals surface area contributed by atoms with E-state index in [2.05, 4.69) is 10.1 Å². The zero-order valence-electron chi connectivity index (χ0n) is 10.7. The number of esters is 1. The third-order valence-electron chi connectivity index (χ3n) is 3.31. The predicted octanol–water partition coefficient (Wildman–Crippen LogP) is 0.818. The molecule has 0 fully saturated rings. The first kappa shape index (κ1) is 14.0. The molecule has 2 N–H and O–H groups in total. The van der Waals surface area contributed by atoms with Crippen molar-refractivity contribution in [2.75, 3.05) is 13.7 Å². The van der Waals surface area contributed by atoms with Crippen molar-refractivity contribution < 1.29 is 19.4 Å². The van der Waals surface area contributed by atoms with E-state index < -0.39 is 12.1 Å². The molecule has 1 aliphatic carbocycles. The lowest BCUT2D eigenvalue weighted by molar-refractivity contribution is -0.150. The van der Waals surface area contributed by atoms with Gasteiger partial charge in [-0.05, 0) is 36.3 Å². The van der Waals surface area contributed by atoms with E-state index in [9.17, 15) is 14.7 Å². The summed E-state index contributed by atoms with van der Waals surface area (Å²) >= 11 is 1.68. The Morgan fingerprint density at radius 1 is 1.63 bits per heavy atom. The van der Waals surface area contributed by atoms with E-state index in [1.54, 1.807) is 11.3 Å². The zero-order chi connectivity index (χ0) is 13.8. The maximum atomic E-state index is 12.1. The summed E-state index contributed by atoms with van der Waals surface area (Å²) in [7, 11) is 1.20. The predicted molar refractivity (Wildman–Crippen MR) is 71.0 cm³/mol. The quantitative estimate of drug-likeness (QED) is 0.802. The lowest BCUT2D eigenvalue weighted by atomic mass is 9.87. The Hall–Kier alpha value is -1.40. The van der Waals surface area contributed by atoms with Crippen molar-refractivity contribution in [1.82, 2.24) is 5.32 Å². The molecular formula is C13H17NO4S. The number of aliphatic hydroxyl groups is 1. The maximum absolute atomic E-state index is 12.1. The Labute approximate surface area is 115 Å². The molecule has 1 amide bonds. The van der Waals surface area contributed by atoms with Gasteiger partial charge >= 0.3 is 5.97 Å². The highest BCUT2D eigenvalue weighted by Gasteiger charge is 2.28. The van der Waals surface area contributed by atoms with Gasteiger partial charge in [-0.3, -0.25) is 4.79 Å². The molecule has 0 bridgehead atoms. The van der Waals surface area contributed by atoms with Gasteiger partial charge in [-0.25, -0.2) is 4.79 Å². The molecule has 0 aliphatic heterocycles. The van der Waals surface area contributed by atoms with Gasteiger partial charge in [0.15, 0.2) is 6.10 Å². The van der Waals surface area contributed by atoms with Crippen LogP contribution in [0.5, 0.6) is 0 Å². The number of carbonyl (C=O) groups excluding carboxylic acids is 2. The largest absolute Gasteiger partial charge is 0.467 e. The van der Waals surface area contributed by atoms with E-state index in [1.807, 2.05) is 11.4 Å². The lowest BCUT2D eigenvalue weighted by Crippen LogP contribution is -2.39. The minimum absolute atomic E-state index is 0.110. The smallest absolute Gasteiger partial charge is 0.336 e. The molecule has 1 aliphatic rings. The second kappa shape index (κ2) is 6.16. The van der Waals surface area contributed by atoms with Crippen LogP contribution in [-0.2, 0) is 20.7 Å². The van der Waals surface area contributed by atoms with Gasteiger partial charge in [-0.15, -0.1) is 11.3 Å². The van der Waals surface area contributed by atoms with Crippen LogP contribution in [0.4, 0.5) is 0 Å². The van der Waals surface area contributed by atoms with E-state index in [1.165, 1.54) is 12.0 Å². The number of amides is 1. The Morgan fingerprint density at radius 2 is 2.42 bits per heavy atom. The standard InChI is InChI=1S/C13H17NO4S/c1-18-13(17)10(15)7-14-12(16)9-3-2-4-11-8(9)5-6-19-11/h5-6,9-10,15H,2-4,7H2,1H3,(H,14,16). The minimum atomic E-state index is -1.31. The molecule has 0 aromatic carbocycles. The summed E-state index contributed by atoms with van der Waals surface area (Å²) in [6.07, 6.45) is 1.52. The van der Waals surface area contributed by atoms with E-state index in [0.29, 0.717) is 0 Å². The molecule has 6 heteroatoms. The van der Waals surface area contributed by atoms with Gasteiger partial charge in [-0.1, -0.05) is 0 Å². The number of hydrogen-bond donors (Lipinski definition) is 2. The molecule has 1 aromatic rings. The van der Waals surface area contributed by atoms with Gasteiger partial charge in [-0.2, -0.15) is 0 Å². The molecule has 0 saturated carbocycles. The van der Waals surface area contributed by atoms with E-state index in [0.717, 1.165) is 24.8 Å². The van der Waals surface area contributed by atoms with Crippen molar-refractivity contribution in [2.45, 2.75) is 31.3 Å². The maximum Gasteiger partial charge on any atom is 0.336 e. The molecule has 1 aromatic heterocycles. The summed E-state index contributed by atoms with van der Waals surface area (Å²) in [4.78, 5) is 24.4. The lowest BCUT2D eigenvalue weighted by Gasteiger charge is -2.22. The van der Waals surface area contributed by atoms with Gasteiger partial charge in [0, 0.05) is 4.88 Å². The van der Waals surface area contributed by atoms with Crippen molar-refractivity contribution in [3.05, 3.63) is 21.9 Å². The van der Waals surface area contributed by atoms with E-state index in [-0.39, 0.29) is 18.4 Å². The SMILES string of the molecule is COC(=O)C(O)CNC(=O)C1CCCc2sccc21. The van der Waals surface area contributed by atoms with Gasteiger partial charge in [0.2, 0.25) is 5.91 Å². The summed E-state index contributed by atoms with van der Waals surface area (Å²) in [5, 5.41) is 14.0. The molecule has 19 heavy (non-hydrogen) atoms. The molecule has 2 unspecified atom stereocenters. The number of rotatable bonds is 4. The fourth-order valence-electron chi connectivity index (χ4n) is 2.30. The number of fused-ring (bicyclic) bond motifs is 1. The Balaban J connectivity index is 1.93. The van der Waals surface area contributed by atoms with Crippen LogP contribution in [0, 0.1) is 0 Å². The molecule has 0 radical (unpaired) electrons. The van der Waals surface area contributed by atoms with Crippen LogP contribution in [0.3, 0.4) is 0 Å². The Kier molecular flexibility index (Phi) is 4.55. The molecule has 0 spiro atoms. The van der Waals surface area contributed by atoms with Crippen molar-refractivity contribution >= 4 is 23.2 Å². The second-order valence-corrected chi connectivity index (χ2v) is 5.53. The summed E-state index contributed by atoms with van der Waals surface area (Å²) in [5.41, 5.74) is 1.08. The van der Waals surface area contributed by atoms with Crippen LogP contribution in [0.2, 0.25) is 0 Å². The third-order valence-corrected chi connectivity index (χ3v) is 4.31. The highest BCUT2D eigenvalue weighted by Crippen LogP contribution is 2.34. The van der Waals surface area contributed by atoms with Gasteiger partial charge in [0.05, 0.1) is 19.6 Å². The van der Waals surface area contributed by atoms with Crippen molar-refractivity contribution in [3.63, 3.8) is 0 Å². The van der Waals surface area contributed by atoms with Gasteiger partial charge in [0.25, 0.3) is 0 Å². The van der Waals surface area contributed by atoms with Crippen LogP contribution in [0.15, 0.2) is 11.4 Å². The number of thiophene rings is 1. The number of nitrogens with one attached hydrogen (secondary N) is 1. The van der Waals surface area contributed by atoms with Gasteiger partial charge in [0.1, 0.15) is 0 Å². The van der Waals surface area contributed by atoms with E-state index >= 15 is 0 Å². The number of carbonyl (C=O) groups is 2. The summed E-state index contributed by atoms with van der Waals surface area (Å²) < 4.78 is 4.40. The normalized spacial score (nSPS) is 19.4.